The van der Waals surface area contributed by atoms with Gasteiger partial charge in [-0.1, -0.05) is 12.8 Å². The van der Waals surface area contributed by atoms with Crippen LogP contribution in [0.1, 0.15) is 37.4 Å². The van der Waals surface area contributed by atoms with Crippen LogP contribution in [-0.4, -0.2) is 25.2 Å². The Morgan fingerprint density at radius 1 is 1.32 bits per heavy atom. The van der Waals surface area contributed by atoms with Crippen LogP contribution in [0.15, 0.2) is 28.4 Å². The van der Waals surface area contributed by atoms with Crippen LogP contribution >= 0.6 is 11.8 Å². The van der Waals surface area contributed by atoms with E-state index >= 15 is 0 Å². The first-order chi connectivity index (χ1) is 9.36. The van der Waals surface area contributed by atoms with E-state index in [-0.39, 0.29) is 0 Å². The normalized spacial score (nSPS) is 16.1. The van der Waals surface area contributed by atoms with Gasteiger partial charge in [0, 0.05) is 17.6 Å². The zero-order valence-corrected chi connectivity index (χ0v) is 11.4. The molecule has 2 N–H and O–H groups in total. The molecule has 3 rings (SSSR count). The van der Waals surface area contributed by atoms with Gasteiger partial charge in [0.15, 0.2) is 0 Å². The van der Waals surface area contributed by atoms with Crippen molar-refractivity contribution in [2.45, 2.75) is 48.3 Å². The molecule has 2 aromatic heterocycles. The Morgan fingerprint density at radius 3 is 2.84 bits per heavy atom. The van der Waals surface area contributed by atoms with Crippen LogP contribution in [0.4, 0.5) is 0 Å². The van der Waals surface area contributed by atoms with Crippen LogP contribution in [0.5, 0.6) is 0 Å². The van der Waals surface area contributed by atoms with Gasteiger partial charge in [0.2, 0.25) is 5.16 Å². The molecule has 1 saturated carbocycles. The molecule has 100 valence electrons. The summed E-state index contributed by atoms with van der Waals surface area (Å²) >= 11 is 1.55. The Hall–Kier alpha value is -1.47. The van der Waals surface area contributed by atoms with E-state index in [2.05, 4.69) is 20.5 Å². The van der Waals surface area contributed by atoms with Gasteiger partial charge in [0.05, 0.1) is 11.7 Å². The minimum Gasteiger partial charge on any atom is -0.325 e. The predicted molar refractivity (Wildman–Crippen MR) is 71.6 cm³/mol. The maximum atomic E-state index is 5.54. The van der Waals surface area contributed by atoms with E-state index in [1.807, 2.05) is 23.0 Å². The van der Waals surface area contributed by atoms with Gasteiger partial charge in [-0.05, 0) is 47.2 Å². The van der Waals surface area contributed by atoms with E-state index in [0.29, 0.717) is 12.6 Å². The lowest BCUT2D eigenvalue weighted by Gasteiger charge is -2.10. The topological polar surface area (TPSA) is 82.5 Å². The monoisotopic (exact) mass is 276 g/mol. The number of hydrogen-bond acceptors (Lipinski definition) is 6. The summed E-state index contributed by atoms with van der Waals surface area (Å²) in [6, 6.07) is 4.40. The first-order valence-corrected chi connectivity index (χ1v) is 7.29. The minimum atomic E-state index is 0.453. The molecule has 6 nitrogen and oxygen atoms in total. The first kappa shape index (κ1) is 12.6. The molecule has 0 unspecified atom stereocenters. The molecule has 0 aliphatic heterocycles. The van der Waals surface area contributed by atoms with Gasteiger partial charge in [-0.15, -0.1) is 5.10 Å². The van der Waals surface area contributed by atoms with Gasteiger partial charge in [-0.2, -0.15) is 0 Å². The van der Waals surface area contributed by atoms with Crippen molar-refractivity contribution in [1.82, 2.24) is 25.2 Å². The molecule has 1 aliphatic carbocycles. The molecule has 0 radical (unpaired) electrons. The highest BCUT2D eigenvalue weighted by Gasteiger charge is 2.21. The molecule has 0 saturated heterocycles. The summed E-state index contributed by atoms with van der Waals surface area (Å²) in [5.74, 6) is 0. The number of hydrogen-bond donors (Lipinski definition) is 1. The highest BCUT2D eigenvalue weighted by atomic mass is 32.2. The molecule has 0 bridgehead atoms. The molecule has 19 heavy (non-hydrogen) atoms. The first-order valence-electron chi connectivity index (χ1n) is 6.47. The van der Waals surface area contributed by atoms with Gasteiger partial charge in [0.25, 0.3) is 0 Å². The third kappa shape index (κ3) is 2.76. The molecule has 7 heteroatoms. The fourth-order valence-corrected chi connectivity index (χ4v) is 3.14. The Bertz CT molecular complexity index is 531. The average Bonchev–Trinajstić information content (AvgIpc) is 3.10. The van der Waals surface area contributed by atoms with Crippen molar-refractivity contribution in [3.05, 3.63) is 24.0 Å². The second-order valence-electron chi connectivity index (χ2n) is 4.64. The lowest BCUT2D eigenvalue weighted by molar-refractivity contribution is 0.423. The predicted octanol–water partition coefficient (Wildman–Crippen LogP) is 1.79. The van der Waals surface area contributed by atoms with Crippen LogP contribution < -0.4 is 5.73 Å². The Morgan fingerprint density at radius 2 is 2.16 bits per heavy atom. The van der Waals surface area contributed by atoms with Gasteiger partial charge >= 0.3 is 0 Å². The van der Waals surface area contributed by atoms with E-state index in [1.54, 1.807) is 11.8 Å². The molecule has 0 atom stereocenters. The molecule has 1 aliphatic rings. The molecular weight excluding hydrogens is 260 g/mol. The highest BCUT2D eigenvalue weighted by Crippen LogP contribution is 2.33. The van der Waals surface area contributed by atoms with E-state index in [9.17, 15) is 0 Å². The molecule has 2 aromatic rings. The average molecular weight is 276 g/mol. The zero-order chi connectivity index (χ0) is 13.1. The van der Waals surface area contributed by atoms with Crippen LogP contribution in [0.25, 0.3) is 0 Å². The second-order valence-corrected chi connectivity index (χ2v) is 5.68. The number of pyridine rings is 1. The maximum absolute atomic E-state index is 5.54. The number of nitrogens with two attached hydrogens (primary N) is 1. The standard InChI is InChI=1S/C12H16N6S/c13-7-9-5-6-11(8-14-9)19-12-15-16-17-18(12)10-3-1-2-4-10/h5-6,8,10H,1-4,7,13H2. The largest absolute Gasteiger partial charge is 0.325 e. The van der Waals surface area contributed by atoms with Crippen molar-refractivity contribution in [1.29, 1.82) is 0 Å². The Balaban J connectivity index is 1.77. The fraction of sp³-hybridized carbons (Fsp3) is 0.500. The Kier molecular flexibility index (Phi) is 3.74. The molecule has 0 aromatic carbocycles. The van der Waals surface area contributed by atoms with Crippen molar-refractivity contribution in [3.63, 3.8) is 0 Å². The number of aromatic nitrogens is 5. The molecule has 2 heterocycles. The second kappa shape index (κ2) is 5.66. The SMILES string of the molecule is NCc1ccc(Sc2nnnn2C2CCCC2)cn1. The third-order valence-corrected chi connectivity index (χ3v) is 4.28. The summed E-state index contributed by atoms with van der Waals surface area (Å²) in [5, 5.41) is 12.9. The summed E-state index contributed by atoms with van der Waals surface area (Å²) in [4.78, 5) is 5.31. The summed E-state index contributed by atoms with van der Waals surface area (Å²) < 4.78 is 1.95. The molecule has 0 amide bonds. The van der Waals surface area contributed by atoms with Gasteiger partial charge in [0.1, 0.15) is 0 Å². The summed E-state index contributed by atoms with van der Waals surface area (Å²) in [6.07, 6.45) is 6.69. The number of nitrogens with zero attached hydrogens (tertiary/aromatic N) is 5. The molecule has 0 spiro atoms. The van der Waals surface area contributed by atoms with E-state index in [1.165, 1.54) is 25.7 Å². The van der Waals surface area contributed by atoms with Gasteiger partial charge in [-0.25, -0.2) is 4.68 Å². The van der Waals surface area contributed by atoms with Crippen LogP contribution in [0.2, 0.25) is 0 Å². The Labute approximate surface area is 115 Å². The molecule has 1 fully saturated rings. The van der Waals surface area contributed by atoms with Crippen molar-refractivity contribution >= 4 is 11.8 Å². The summed E-state index contributed by atoms with van der Waals surface area (Å²) in [7, 11) is 0. The lowest BCUT2D eigenvalue weighted by atomic mass is 10.3. The smallest absolute Gasteiger partial charge is 0.214 e. The van der Waals surface area contributed by atoms with Crippen LogP contribution in [0.3, 0.4) is 0 Å². The zero-order valence-electron chi connectivity index (χ0n) is 10.6. The van der Waals surface area contributed by atoms with Crippen molar-refractivity contribution in [3.8, 4) is 0 Å². The highest BCUT2D eigenvalue weighted by molar-refractivity contribution is 7.99. The van der Waals surface area contributed by atoms with Crippen LogP contribution in [0, 0.1) is 0 Å². The van der Waals surface area contributed by atoms with Crippen molar-refractivity contribution < 1.29 is 0 Å². The van der Waals surface area contributed by atoms with Gasteiger partial charge < -0.3 is 5.73 Å². The molecular formula is C12H16N6S. The van der Waals surface area contributed by atoms with E-state index < -0.39 is 0 Å². The number of tetrazole rings is 1. The fourth-order valence-electron chi connectivity index (χ4n) is 2.33. The van der Waals surface area contributed by atoms with E-state index in [0.717, 1.165) is 15.7 Å². The minimum absolute atomic E-state index is 0.453. The summed E-state index contributed by atoms with van der Waals surface area (Å²) in [6.45, 7) is 0.463. The number of rotatable bonds is 4. The van der Waals surface area contributed by atoms with Crippen molar-refractivity contribution in [2.24, 2.45) is 5.73 Å². The van der Waals surface area contributed by atoms with E-state index in [4.69, 9.17) is 5.73 Å². The maximum Gasteiger partial charge on any atom is 0.214 e. The lowest BCUT2D eigenvalue weighted by Crippen LogP contribution is -2.08. The van der Waals surface area contributed by atoms with Crippen LogP contribution in [-0.2, 0) is 6.54 Å². The summed E-state index contributed by atoms with van der Waals surface area (Å²) in [5.41, 5.74) is 6.43. The third-order valence-electron chi connectivity index (χ3n) is 3.35. The van der Waals surface area contributed by atoms with Gasteiger partial charge in [-0.3, -0.25) is 4.98 Å². The van der Waals surface area contributed by atoms with Crippen molar-refractivity contribution in [2.75, 3.05) is 0 Å². The quantitative estimate of drug-likeness (QED) is 0.916.